The lowest BCUT2D eigenvalue weighted by Crippen LogP contribution is -2.35. The van der Waals surface area contributed by atoms with Gasteiger partial charge >= 0.3 is 0 Å². The highest BCUT2D eigenvalue weighted by atomic mass is 35.5. The molecule has 1 atom stereocenters. The van der Waals surface area contributed by atoms with Crippen LogP contribution in [0.15, 0.2) is 71.5 Å². The van der Waals surface area contributed by atoms with Gasteiger partial charge in [-0.25, -0.2) is 9.37 Å². The van der Waals surface area contributed by atoms with Crippen LogP contribution in [-0.4, -0.2) is 34.5 Å². The molecule has 0 spiro atoms. The molecular weight excluding hydrogens is 445 g/mol. The smallest absolute Gasteiger partial charge is 0.266 e. The number of carbonyl (C=O) groups excluding carboxylic acids is 1. The van der Waals surface area contributed by atoms with Crippen LogP contribution in [0.2, 0.25) is 5.02 Å². The molecule has 0 saturated heterocycles. The van der Waals surface area contributed by atoms with Gasteiger partial charge in [-0.1, -0.05) is 17.7 Å². The molecule has 6 nitrogen and oxygen atoms in total. The van der Waals surface area contributed by atoms with Gasteiger partial charge in [0.25, 0.3) is 11.5 Å². The van der Waals surface area contributed by atoms with Gasteiger partial charge in [0, 0.05) is 17.6 Å². The Balaban J connectivity index is 1.88. The molecule has 8 heteroatoms. The summed E-state index contributed by atoms with van der Waals surface area (Å²) < 4.78 is 20.4. The monoisotopic (exact) mass is 465 g/mol. The molecule has 0 aliphatic heterocycles. The van der Waals surface area contributed by atoms with Crippen molar-refractivity contribution in [3.05, 3.63) is 99.3 Å². The number of methoxy groups -OCH3 is 1. The van der Waals surface area contributed by atoms with Crippen LogP contribution >= 0.6 is 11.6 Å². The maximum atomic E-state index is 13.7. The number of hydrogen-bond acceptors (Lipinski definition) is 4. The standard InChI is InChI=1S/C25H21ClFN3O3/c1-15(29(2)24(31)16-5-4-6-18(27)13-16)23-28-22-14-17(26)7-12-21(22)25(32)30(23)19-8-10-20(33-3)11-9-19/h4-15H,1-3H3. The Bertz CT molecular complexity index is 1400. The zero-order valence-electron chi connectivity index (χ0n) is 18.3. The largest absolute Gasteiger partial charge is 0.497 e. The third-order valence-electron chi connectivity index (χ3n) is 5.53. The predicted octanol–water partition coefficient (Wildman–Crippen LogP) is 5.02. The van der Waals surface area contributed by atoms with Crippen LogP contribution in [0.3, 0.4) is 0 Å². The molecule has 168 valence electrons. The van der Waals surface area contributed by atoms with Crippen molar-refractivity contribution in [2.75, 3.05) is 14.2 Å². The molecule has 1 unspecified atom stereocenters. The van der Waals surface area contributed by atoms with Gasteiger partial charge in [0.05, 0.1) is 29.7 Å². The Morgan fingerprint density at radius 3 is 2.52 bits per heavy atom. The molecule has 0 bridgehead atoms. The Morgan fingerprint density at radius 1 is 1.12 bits per heavy atom. The second-order valence-corrected chi connectivity index (χ2v) is 8.01. The van der Waals surface area contributed by atoms with Crippen molar-refractivity contribution < 1.29 is 13.9 Å². The summed E-state index contributed by atoms with van der Waals surface area (Å²) in [7, 11) is 3.15. The molecule has 0 aliphatic carbocycles. The van der Waals surface area contributed by atoms with E-state index in [-0.39, 0.29) is 11.1 Å². The van der Waals surface area contributed by atoms with E-state index in [1.165, 1.54) is 27.7 Å². The lowest BCUT2D eigenvalue weighted by molar-refractivity contribution is 0.0734. The fourth-order valence-electron chi connectivity index (χ4n) is 3.61. The molecule has 0 radical (unpaired) electrons. The summed E-state index contributed by atoms with van der Waals surface area (Å²) in [5.74, 6) is 0.0757. The first-order valence-corrected chi connectivity index (χ1v) is 10.6. The van der Waals surface area contributed by atoms with Crippen molar-refractivity contribution in [3.8, 4) is 11.4 Å². The lowest BCUT2D eigenvalue weighted by Gasteiger charge is -2.27. The third-order valence-corrected chi connectivity index (χ3v) is 5.77. The van der Waals surface area contributed by atoms with Crippen molar-refractivity contribution in [1.82, 2.24) is 14.5 Å². The number of amides is 1. The van der Waals surface area contributed by atoms with E-state index in [0.29, 0.717) is 33.2 Å². The number of rotatable bonds is 5. The fourth-order valence-corrected chi connectivity index (χ4v) is 3.78. The van der Waals surface area contributed by atoms with Crippen LogP contribution in [0.4, 0.5) is 4.39 Å². The van der Waals surface area contributed by atoms with E-state index in [0.717, 1.165) is 0 Å². The highest BCUT2D eigenvalue weighted by Gasteiger charge is 2.25. The summed E-state index contributed by atoms with van der Waals surface area (Å²) >= 11 is 6.14. The number of aromatic nitrogens is 2. The van der Waals surface area contributed by atoms with Crippen molar-refractivity contribution in [2.24, 2.45) is 0 Å². The molecule has 33 heavy (non-hydrogen) atoms. The Kier molecular flexibility index (Phi) is 6.16. The summed E-state index contributed by atoms with van der Waals surface area (Å²) in [5, 5.41) is 0.838. The molecular formula is C25H21ClFN3O3. The molecule has 0 N–H and O–H groups in total. The molecule has 0 saturated carbocycles. The average molecular weight is 466 g/mol. The number of fused-ring (bicyclic) bond motifs is 1. The second-order valence-electron chi connectivity index (χ2n) is 7.57. The molecule has 4 aromatic rings. The number of ether oxygens (including phenoxy) is 1. The minimum absolute atomic E-state index is 0.200. The minimum atomic E-state index is -0.626. The first kappa shape index (κ1) is 22.5. The molecule has 4 rings (SSSR count). The zero-order chi connectivity index (χ0) is 23.7. The van der Waals surface area contributed by atoms with Crippen LogP contribution in [0.25, 0.3) is 16.6 Å². The van der Waals surface area contributed by atoms with Crippen LogP contribution in [0.5, 0.6) is 5.75 Å². The SMILES string of the molecule is COc1ccc(-n2c(C(C)N(C)C(=O)c3cccc(F)c3)nc3cc(Cl)ccc3c2=O)cc1. The summed E-state index contributed by atoms with van der Waals surface area (Å²) in [6.45, 7) is 1.76. The quantitative estimate of drug-likeness (QED) is 0.415. The molecule has 3 aromatic carbocycles. The summed E-state index contributed by atoms with van der Waals surface area (Å²) in [4.78, 5) is 32.7. The van der Waals surface area contributed by atoms with Crippen molar-refractivity contribution >= 4 is 28.4 Å². The normalized spacial score (nSPS) is 11.9. The van der Waals surface area contributed by atoms with Gasteiger partial charge < -0.3 is 9.64 Å². The Labute approximate surface area is 194 Å². The van der Waals surface area contributed by atoms with Crippen molar-refractivity contribution in [1.29, 1.82) is 0 Å². The topological polar surface area (TPSA) is 64.4 Å². The van der Waals surface area contributed by atoms with Gasteiger partial charge in [-0.15, -0.1) is 0 Å². The maximum Gasteiger partial charge on any atom is 0.266 e. The zero-order valence-corrected chi connectivity index (χ0v) is 19.0. The van der Waals surface area contributed by atoms with Gasteiger partial charge in [-0.2, -0.15) is 0 Å². The maximum absolute atomic E-state index is 13.7. The van der Waals surface area contributed by atoms with E-state index in [1.807, 2.05) is 0 Å². The average Bonchev–Trinajstić information content (AvgIpc) is 2.82. The number of nitrogens with zero attached hydrogens (tertiary/aromatic N) is 3. The van der Waals surface area contributed by atoms with Crippen molar-refractivity contribution in [2.45, 2.75) is 13.0 Å². The van der Waals surface area contributed by atoms with Gasteiger partial charge in [-0.3, -0.25) is 14.2 Å². The summed E-state index contributed by atoms with van der Waals surface area (Å²) in [5.41, 5.74) is 0.895. The lowest BCUT2D eigenvalue weighted by atomic mass is 10.1. The first-order chi connectivity index (χ1) is 15.8. The highest BCUT2D eigenvalue weighted by Crippen LogP contribution is 2.25. The predicted molar refractivity (Wildman–Crippen MR) is 126 cm³/mol. The van der Waals surface area contributed by atoms with E-state index >= 15 is 0 Å². The van der Waals surface area contributed by atoms with Crippen LogP contribution in [0, 0.1) is 5.82 Å². The van der Waals surface area contributed by atoms with Gasteiger partial charge in [0.15, 0.2) is 0 Å². The first-order valence-electron chi connectivity index (χ1n) is 10.2. The second kappa shape index (κ2) is 9.03. The Hall–Kier alpha value is -3.71. The van der Waals surface area contributed by atoms with Gasteiger partial charge in [0.2, 0.25) is 0 Å². The number of carbonyl (C=O) groups is 1. The van der Waals surface area contributed by atoms with E-state index in [9.17, 15) is 14.0 Å². The molecule has 1 amide bonds. The molecule has 1 heterocycles. The van der Waals surface area contributed by atoms with Crippen LogP contribution in [0.1, 0.15) is 29.1 Å². The Morgan fingerprint density at radius 2 is 1.85 bits per heavy atom. The summed E-state index contributed by atoms with van der Waals surface area (Å²) in [6, 6.07) is 16.7. The third kappa shape index (κ3) is 4.32. The van der Waals surface area contributed by atoms with Crippen molar-refractivity contribution in [3.63, 3.8) is 0 Å². The van der Waals surface area contributed by atoms with Gasteiger partial charge in [-0.05, 0) is 67.6 Å². The minimum Gasteiger partial charge on any atom is -0.497 e. The number of hydrogen-bond donors (Lipinski definition) is 0. The molecule has 0 aliphatic rings. The van der Waals surface area contributed by atoms with E-state index in [2.05, 4.69) is 0 Å². The summed E-state index contributed by atoms with van der Waals surface area (Å²) in [6.07, 6.45) is 0. The van der Waals surface area contributed by atoms with E-state index < -0.39 is 17.8 Å². The molecule has 0 fully saturated rings. The van der Waals surface area contributed by atoms with E-state index in [1.54, 1.807) is 69.6 Å². The van der Waals surface area contributed by atoms with Crippen LogP contribution < -0.4 is 10.3 Å². The fraction of sp³-hybridized carbons (Fsp3) is 0.160. The van der Waals surface area contributed by atoms with Gasteiger partial charge in [0.1, 0.15) is 17.4 Å². The number of halogens is 2. The van der Waals surface area contributed by atoms with E-state index in [4.69, 9.17) is 21.3 Å². The van der Waals surface area contributed by atoms with Crippen LogP contribution in [-0.2, 0) is 0 Å². The molecule has 1 aromatic heterocycles. The highest BCUT2D eigenvalue weighted by molar-refractivity contribution is 6.31. The number of benzene rings is 3.